The number of hydrogen-bond acceptors (Lipinski definition) is 5. The quantitative estimate of drug-likeness (QED) is 0.481. The van der Waals surface area contributed by atoms with Crippen LogP contribution in [0.15, 0.2) is 71.6 Å². The third-order valence-electron chi connectivity index (χ3n) is 4.04. The summed E-state index contributed by atoms with van der Waals surface area (Å²) in [7, 11) is -2.31. The first kappa shape index (κ1) is 22.7. The molecule has 3 rings (SSSR count). The lowest BCUT2D eigenvalue weighted by atomic mass is 10.3. The predicted octanol–water partition coefficient (Wildman–Crippen LogP) is 4.82. The summed E-state index contributed by atoms with van der Waals surface area (Å²) >= 11 is 12.0. The number of ether oxygens (including phenoxy) is 2. The minimum Gasteiger partial charge on any atom is -0.497 e. The van der Waals surface area contributed by atoms with Gasteiger partial charge in [-0.25, -0.2) is 8.42 Å². The number of nitrogens with one attached hydrogen (secondary N) is 2. The summed E-state index contributed by atoms with van der Waals surface area (Å²) in [4.78, 5) is 12.0. The van der Waals surface area contributed by atoms with E-state index in [9.17, 15) is 13.2 Å². The molecule has 0 aliphatic carbocycles. The van der Waals surface area contributed by atoms with Gasteiger partial charge in [0, 0.05) is 16.4 Å². The van der Waals surface area contributed by atoms with Crippen molar-refractivity contribution in [2.45, 2.75) is 4.90 Å². The molecule has 3 aromatic rings. The predicted molar refractivity (Wildman–Crippen MR) is 121 cm³/mol. The Morgan fingerprint density at radius 1 is 0.935 bits per heavy atom. The van der Waals surface area contributed by atoms with E-state index in [1.807, 2.05) is 0 Å². The minimum absolute atomic E-state index is 0.0521. The van der Waals surface area contributed by atoms with Crippen molar-refractivity contribution in [2.75, 3.05) is 23.8 Å². The molecule has 0 aromatic heterocycles. The molecule has 3 aromatic carbocycles. The Morgan fingerprint density at radius 3 is 2.19 bits per heavy atom. The van der Waals surface area contributed by atoms with Crippen LogP contribution in [-0.2, 0) is 14.8 Å². The summed E-state index contributed by atoms with van der Waals surface area (Å²) < 4.78 is 38.0. The molecule has 0 atom stereocenters. The van der Waals surface area contributed by atoms with E-state index in [0.717, 1.165) is 0 Å². The summed E-state index contributed by atoms with van der Waals surface area (Å²) in [6.07, 6.45) is 0. The van der Waals surface area contributed by atoms with Crippen LogP contribution in [-0.4, -0.2) is 28.0 Å². The fourth-order valence-corrected chi connectivity index (χ4v) is 4.02. The highest BCUT2D eigenvalue weighted by molar-refractivity contribution is 7.92. The van der Waals surface area contributed by atoms with Crippen LogP contribution in [0.2, 0.25) is 10.0 Å². The molecule has 10 heteroatoms. The van der Waals surface area contributed by atoms with E-state index in [0.29, 0.717) is 22.1 Å². The van der Waals surface area contributed by atoms with E-state index in [4.69, 9.17) is 32.7 Å². The van der Waals surface area contributed by atoms with E-state index >= 15 is 0 Å². The Kier molecular flexibility index (Phi) is 7.27. The van der Waals surface area contributed by atoms with E-state index in [1.54, 1.807) is 55.6 Å². The standard InChI is InChI=1S/C21H18Cl2N2O5S/c1-29-17-8-6-15(7-9-17)24-21(26)13-30-20-11-10-18(12-19(20)23)31(27,28)25-16-4-2-14(22)3-5-16/h2-12,25H,13H2,1H3,(H,24,26). The van der Waals surface area contributed by atoms with Crippen molar-refractivity contribution in [3.63, 3.8) is 0 Å². The number of carbonyl (C=O) groups is 1. The zero-order valence-electron chi connectivity index (χ0n) is 16.3. The van der Waals surface area contributed by atoms with Crippen LogP contribution in [0.25, 0.3) is 0 Å². The van der Waals surface area contributed by atoms with Crippen molar-refractivity contribution in [3.05, 3.63) is 76.8 Å². The Hall–Kier alpha value is -2.94. The van der Waals surface area contributed by atoms with E-state index in [1.165, 1.54) is 18.2 Å². The molecule has 31 heavy (non-hydrogen) atoms. The largest absolute Gasteiger partial charge is 0.497 e. The maximum Gasteiger partial charge on any atom is 0.262 e. The molecule has 2 N–H and O–H groups in total. The van der Waals surface area contributed by atoms with Gasteiger partial charge in [-0.1, -0.05) is 23.2 Å². The highest BCUT2D eigenvalue weighted by Gasteiger charge is 2.17. The lowest BCUT2D eigenvalue weighted by molar-refractivity contribution is -0.118. The lowest BCUT2D eigenvalue weighted by Crippen LogP contribution is -2.20. The number of benzene rings is 3. The van der Waals surface area contributed by atoms with Gasteiger partial charge in [0.2, 0.25) is 0 Å². The topological polar surface area (TPSA) is 93.7 Å². The first-order valence-electron chi connectivity index (χ1n) is 8.91. The molecule has 0 saturated heterocycles. The Balaban J connectivity index is 1.61. The molecule has 0 aliphatic heterocycles. The normalized spacial score (nSPS) is 10.9. The van der Waals surface area contributed by atoms with Gasteiger partial charge in [0.05, 0.1) is 17.0 Å². The number of anilines is 2. The summed E-state index contributed by atoms with van der Waals surface area (Å²) in [6.45, 7) is -0.305. The van der Waals surface area contributed by atoms with Gasteiger partial charge in [-0.05, 0) is 66.7 Å². The Bertz CT molecular complexity index is 1170. The number of rotatable bonds is 8. The molecular formula is C21H18Cl2N2O5S. The minimum atomic E-state index is -3.87. The molecule has 0 bridgehead atoms. The number of methoxy groups -OCH3 is 1. The van der Waals surface area contributed by atoms with Gasteiger partial charge in [-0.15, -0.1) is 0 Å². The van der Waals surface area contributed by atoms with Crippen molar-refractivity contribution in [2.24, 2.45) is 0 Å². The third-order valence-corrected chi connectivity index (χ3v) is 5.97. The third kappa shape index (κ3) is 6.27. The second-order valence-electron chi connectivity index (χ2n) is 6.27. The number of hydrogen-bond donors (Lipinski definition) is 2. The summed E-state index contributed by atoms with van der Waals surface area (Å²) in [6, 6.07) is 17.0. The molecular weight excluding hydrogens is 463 g/mol. The molecule has 0 saturated carbocycles. The molecule has 0 heterocycles. The van der Waals surface area contributed by atoms with Crippen LogP contribution in [0.1, 0.15) is 0 Å². The zero-order chi connectivity index (χ0) is 22.4. The molecule has 0 unspecified atom stereocenters. The average Bonchev–Trinajstić information content (AvgIpc) is 2.75. The van der Waals surface area contributed by atoms with Crippen LogP contribution in [0.3, 0.4) is 0 Å². The molecule has 0 radical (unpaired) electrons. The lowest BCUT2D eigenvalue weighted by Gasteiger charge is -2.12. The summed E-state index contributed by atoms with van der Waals surface area (Å²) in [5.41, 5.74) is 0.936. The van der Waals surface area contributed by atoms with Crippen LogP contribution in [0.5, 0.6) is 11.5 Å². The monoisotopic (exact) mass is 480 g/mol. The van der Waals surface area contributed by atoms with Gasteiger partial charge < -0.3 is 14.8 Å². The van der Waals surface area contributed by atoms with Gasteiger partial charge in [-0.2, -0.15) is 0 Å². The number of sulfonamides is 1. The molecule has 0 aliphatic rings. The smallest absolute Gasteiger partial charge is 0.262 e. The fourth-order valence-electron chi connectivity index (χ4n) is 2.51. The SMILES string of the molecule is COc1ccc(NC(=O)COc2ccc(S(=O)(=O)Nc3ccc(Cl)cc3)cc2Cl)cc1. The Labute approximate surface area is 189 Å². The Morgan fingerprint density at radius 2 is 1.58 bits per heavy atom. The van der Waals surface area contributed by atoms with Crippen molar-refractivity contribution in [3.8, 4) is 11.5 Å². The fraction of sp³-hybridized carbons (Fsp3) is 0.0952. The van der Waals surface area contributed by atoms with Gasteiger partial charge >= 0.3 is 0 Å². The second-order valence-corrected chi connectivity index (χ2v) is 8.80. The van der Waals surface area contributed by atoms with Gasteiger partial charge in [0.15, 0.2) is 6.61 Å². The van der Waals surface area contributed by atoms with Crippen molar-refractivity contribution in [1.29, 1.82) is 0 Å². The molecule has 7 nitrogen and oxygen atoms in total. The van der Waals surface area contributed by atoms with Gasteiger partial charge in [0.1, 0.15) is 11.5 Å². The molecule has 0 spiro atoms. The maximum absolute atomic E-state index is 12.5. The number of halogens is 2. The van der Waals surface area contributed by atoms with Crippen LogP contribution in [0.4, 0.5) is 11.4 Å². The van der Waals surface area contributed by atoms with E-state index < -0.39 is 15.9 Å². The summed E-state index contributed by atoms with van der Waals surface area (Å²) in [5.74, 6) is 0.445. The van der Waals surface area contributed by atoms with Crippen molar-refractivity contribution < 1.29 is 22.7 Å². The highest BCUT2D eigenvalue weighted by atomic mass is 35.5. The number of carbonyl (C=O) groups excluding carboxylic acids is 1. The molecule has 0 fully saturated rings. The van der Waals surface area contributed by atoms with Crippen molar-refractivity contribution in [1.82, 2.24) is 0 Å². The summed E-state index contributed by atoms with van der Waals surface area (Å²) in [5, 5.41) is 3.21. The van der Waals surface area contributed by atoms with E-state index in [2.05, 4.69) is 10.0 Å². The van der Waals surface area contributed by atoms with Gasteiger partial charge in [-0.3, -0.25) is 9.52 Å². The van der Waals surface area contributed by atoms with Crippen LogP contribution < -0.4 is 19.5 Å². The highest BCUT2D eigenvalue weighted by Crippen LogP contribution is 2.28. The second kappa shape index (κ2) is 9.91. The molecule has 162 valence electrons. The average molecular weight is 481 g/mol. The van der Waals surface area contributed by atoms with Gasteiger partial charge in [0.25, 0.3) is 15.9 Å². The van der Waals surface area contributed by atoms with E-state index in [-0.39, 0.29) is 22.3 Å². The van der Waals surface area contributed by atoms with Crippen LogP contribution >= 0.6 is 23.2 Å². The zero-order valence-corrected chi connectivity index (χ0v) is 18.6. The number of amides is 1. The van der Waals surface area contributed by atoms with Crippen LogP contribution in [0, 0.1) is 0 Å². The molecule has 1 amide bonds. The first-order valence-corrected chi connectivity index (χ1v) is 11.2. The first-order chi connectivity index (χ1) is 14.8. The maximum atomic E-state index is 12.5. The van der Waals surface area contributed by atoms with Crippen molar-refractivity contribution >= 4 is 50.5 Å².